The molecule has 1 fully saturated rings. The molecular weight excluding hydrogens is 466 g/mol. The summed E-state index contributed by atoms with van der Waals surface area (Å²) in [7, 11) is 2.78. The number of pyridine rings is 1. The molecule has 186 valence electrons. The highest BCUT2D eigenvalue weighted by atomic mass is 16.5. The van der Waals surface area contributed by atoms with Crippen LogP contribution in [0.25, 0.3) is 11.5 Å². The van der Waals surface area contributed by atoms with Crippen molar-refractivity contribution >= 4 is 12.0 Å². The smallest absolute Gasteiger partial charge is 0.409 e. The van der Waals surface area contributed by atoms with Crippen molar-refractivity contribution in [1.82, 2.24) is 20.2 Å². The number of carbonyl (C=O) groups is 2. The molecule has 0 aliphatic carbocycles. The summed E-state index contributed by atoms with van der Waals surface area (Å²) >= 11 is 0. The summed E-state index contributed by atoms with van der Waals surface area (Å²) in [6.45, 7) is 1.22. The predicted molar refractivity (Wildman–Crippen MR) is 126 cm³/mol. The Hall–Kier alpha value is -4.59. The first-order valence-corrected chi connectivity index (χ1v) is 11.3. The fourth-order valence-electron chi connectivity index (χ4n) is 3.83. The van der Waals surface area contributed by atoms with Crippen LogP contribution in [-0.2, 0) is 11.3 Å². The Bertz CT molecular complexity index is 1250. The lowest BCUT2D eigenvalue weighted by molar-refractivity contribution is 0.0787. The lowest BCUT2D eigenvalue weighted by atomic mass is 10.1. The van der Waals surface area contributed by atoms with Crippen LogP contribution in [0.1, 0.15) is 34.3 Å². The van der Waals surface area contributed by atoms with E-state index in [0.29, 0.717) is 48.7 Å². The number of nitriles is 1. The van der Waals surface area contributed by atoms with Crippen molar-refractivity contribution in [2.45, 2.75) is 25.5 Å². The van der Waals surface area contributed by atoms with Gasteiger partial charge in [-0.05, 0) is 17.7 Å². The number of rotatable bonds is 7. The SMILES string of the molecule is COC(=O)N1CCC(Oc2cc(C(=O)NCc3ccc(C#N)cc3)c(OC)nc2-c2cnco2)CC1. The van der Waals surface area contributed by atoms with Crippen LogP contribution in [0.2, 0.25) is 0 Å². The minimum Gasteiger partial charge on any atom is -0.488 e. The number of hydrogen-bond donors (Lipinski definition) is 1. The second-order valence-electron chi connectivity index (χ2n) is 8.02. The quantitative estimate of drug-likeness (QED) is 0.528. The van der Waals surface area contributed by atoms with E-state index in [4.69, 9.17) is 23.9 Å². The van der Waals surface area contributed by atoms with E-state index in [0.717, 1.165) is 5.56 Å². The Balaban J connectivity index is 1.56. The van der Waals surface area contributed by atoms with Gasteiger partial charge in [0.05, 0.1) is 32.0 Å². The average Bonchev–Trinajstić information content (AvgIpc) is 3.46. The molecule has 36 heavy (non-hydrogen) atoms. The first-order chi connectivity index (χ1) is 17.5. The topological polar surface area (TPSA) is 140 Å². The van der Waals surface area contributed by atoms with Crippen LogP contribution < -0.4 is 14.8 Å². The number of aromatic nitrogens is 2. The van der Waals surface area contributed by atoms with Gasteiger partial charge in [-0.25, -0.2) is 14.8 Å². The van der Waals surface area contributed by atoms with Crippen molar-refractivity contribution in [2.75, 3.05) is 27.3 Å². The fourth-order valence-corrected chi connectivity index (χ4v) is 3.83. The fraction of sp³-hybridized carbons (Fsp3) is 0.320. The van der Waals surface area contributed by atoms with E-state index >= 15 is 0 Å². The minimum atomic E-state index is -0.404. The van der Waals surface area contributed by atoms with Crippen molar-refractivity contribution < 1.29 is 28.2 Å². The Morgan fingerprint density at radius 3 is 2.58 bits per heavy atom. The third kappa shape index (κ3) is 5.55. The summed E-state index contributed by atoms with van der Waals surface area (Å²) in [6.07, 6.45) is 3.36. The molecule has 1 aliphatic rings. The van der Waals surface area contributed by atoms with Crippen molar-refractivity contribution in [3.8, 4) is 29.2 Å². The summed E-state index contributed by atoms with van der Waals surface area (Å²) in [4.78, 5) is 34.9. The van der Waals surface area contributed by atoms with Crippen molar-refractivity contribution in [3.63, 3.8) is 0 Å². The molecule has 11 nitrogen and oxygen atoms in total. The van der Waals surface area contributed by atoms with Gasteiger partial charge in [-0.1, -0.05) is 12.1 Å². The maximum Gasteiger partial charge on any atom is 0.409 e. The molecule has 4 rings (SSSR count). The van der Waals surface area contributed by atoms with E-state index in [9.17, 15) is 9.59 Å². The Morgan fingerprint density at radius 2 is 1.97 bits per heavy atom. The molecule has 2 aromatic heterocycles. The minimum absolute atomic E-state index is 0.103. The Labute approximate surface area is 207 Å². The highest BCUT2D eigenvalue weighted by Crippen LogP contribution is 2.34. The second kappa shape index (κ2) is 11.2. The van der Waals surface area contributed by atoms with Crippen molar-refractivity contribution in [2.24, 2.45) is 0 Å². The monoisotopic (exact) mass is 491 g/mol. The Kier molecular flexibility index (Phi) is 7.65. The van der Waals surface area contributed by atoms with Crippen LogP contribution >= 0.6 is 0 Å². The Morgan fingerprint density at radius 1 is 1.22 bits per heavy atom. The molecule has 0 spiro atoms. The molecule has 1 saturated heterocycles. The van der Waals surface area contributed by atoms with E-state index in [1.807, 2.05) is 0 Å². The van der Waals surface area contributed by atoms with Crippen LogP contribution in [-0.4, -0.2) is 60.3 Å². The maximum atomic E-state index is 13.1. The number of nitrogens with zero attached hydrogens (tertiary/aromatic N) is 4. The number of hydrogen-bond acceptors (Lipinski definition) is 9. The molecule has 3 aromatic rings. The van der Waals surface area contributed by atoms with Gasteiger partial charge in [0, 0.05) is 38.5 Å². The molecule has 1 N–H and O–H groups in total. The zero-order valence-electron chi connectivity index (χ0n) is 19.9. The number of carbonyl (C=O) groups excluding carboxylic acids is 2. The first-order valence-electron chi connectivity index (χ1n) is 11.3. The number of oxazole rings is 1. The van der Waals surface area contributed by atoms with Gasteiger partial charge in [-0.3, -0.25) is 4.79 Å². The van der Waals surface area contributed by atoms with Crippen LogP contribution in [0.5, 0.6) is 11.6 Å². The van der Waals surface area contributed by atoms with Crippen molar-refractivity contribution in [3.05, 3.63) is 59.6 Å². The molecule has 0 bridgehead atoms. The summed E-state index contributed by atoms with van der Waals surface area (Å²) in [5, 5.41) is 11.8. The molecule has 11 heteroatoms. The summed E-state index contributed by atoms with van der Waals surface area (Å²) in [5.41, 5.74) is 1.92. The van der Waals surface area contributed by atoms with E-state index in [1.165, 1.54) is 26.8 Å². The zero-order valence-corrected chi connectivity index (χ0v) is 19.9. The summed E-state index contributed by atoms with van der Waals surface area (Å²) in [6, 6.07) is 10.6. The maximum absolute atomic E-state index is 13.1. The van der Waals surface area contributed by atoms with Crippen LogP contribution in [0.4, 0.5) is 4.79 Å². The van der Waals surface area contributed by atoms with Gasteiger partial charge in [0.15, 0.2) is 17.8 Å². The van der Waals surface area contributed by atoms with Crippen LogP contribution in [0.15, 0.2) is 47.3 Å². The number of methoxy groups -OCH3 is 2. The highest BCUT2D eigenvalue weighted by Gasteiger charge is 2.27. The number of nitrogens with one attached hydrogen (secondary N) is 1. The van der Waals surface area contributed by atoms with Gasteiger partial charge >= 0.3 is 6.09 Å². The second-order valence-corrected chi connectivity index (χ2v) is 8.02. The molecule has 0 saturated carbocycles. The number of benzene rings is 1. The highest BCUT2D eigenvalue weighted by molar-refractivity contribution is 5.97. The van der Waals surface area contributed by atoms with Crippen LogP contribution in [0.3, 0.4) is 0 Å². The number of ether oxygens (including phenoxy) is 3. The molecule has 1 aliphatic heterocycles. The molecule has 2 amide bonds. The lowest BCUT2D eigenvalue weighted by Crippen LogP contribution is -2.41. The lowest BCUT2D eigenvalue weighted by Gasteiger charge is -2.31. The third-order valence-corrected chi connectivity index (χ3v) is 5.76. The average molecular weight is 492 g/mol. The molecular formula is C25H25N5O6. The van der Waals surface area contributed by atoms with Crippen LogP contribution in [0, 0.1) is 11.3 Å². The number of likely N-dealkylation sites (tertiary alicyclic amines) is 1. The van der Waals surface area contributed by atoms with Gasteiger partial charge in [0.25, 0.3) is 5.91 Å². The molecule has 0 unspecified atom stereocenters. The molecule has 0 atom stereocenters. The van der Waals surface area contributed by atoms with Gasteiger partial charge in [-0.2, -0.15) is 5.26 Å². The van der Waals surface area contributed by atoms with Gasteiger partial charge in [0.2, 0.25) is 5.88 Å². The first kappa shape index (κ1) is 24.5. The van der Waals surface area contributed by atoms with Gasteiger partial charge in [0.1, 0.15) is 17.4 Å². The third-order valence-electron chi connectivity index (χ3n) is 5.76. The van der Waals surface area contributed by atoms with Gasteiger partial charge < -0.3 is 28.8 Å². The number of amides is 2. The van der Waals surface area contributed by atoms with E-state index in [-0.39, 0.29) is 30.2 Å². The summed E-state index contributed by atoms with van der Waals surface area (Å²) < 4.78 is 21.9. The summed E-state index contributed by atoms with van der Waals surface area (Å²) in [5.74, 6) is 0.400. The van der Waals surface area contributed by atoms with Crippen molar-refractivity contribution in [1.29, 1.82) is 5.26 Å². The predicted octanol–water partition coefficient (Wildman–Crippen LogP) is 3.16. The van der Waals surface area contributed by atoms with E-state index in [1.54, 1.807) is 35.2 Å². The number of piperidine rings is 1. The van der Waals surface area contributed by atoms with E-state index in [2.05, 4.69) is 21.4 Å². The largest absolute Gasteiger partial charge is 0.488 e. The molecule has 0 radical (unpaired) electrons. The molecule has 3 heterocycles. The van der Waals surface area contributed by atoms with Gasteiger partial charge in [-0.15, -0.1) is 0 Å². The van der Waals surface area contributed by atoms with E-state index < -0.39 is 5.91 Å². The standard InChI is InChI=1S/C25H25N5O6/c1-33-24-19(23(31)28-13-17-5-3-16(12-26)4-6-17)11-20(22(29-24)21-14-27-15-35-21)36-18-7-9-30(10-8-18)25(32)34-2/h3-6,11,14-15,18H,7-10,13H2,1-2H3,(H,28,31). The normalized spacial score (nSPS) is 13.5. The zero-order chi connectivity index (χ0) is 25.5. The molecule has 1 aromatic carbocycles.